The number of ether oxygens (including phenoxy) is 2. The standard InChI is InChI=1S/C13H13NO3/c1-3-9(2)14-13(15)10-5-4-6-11-12(10)17-8-7-16-11/h1,4-6,9H,7-8H2,2H3,(H,14,15). The maximum atomic E-state index is 11.9. The minimum Gasteiger partial charge on any atom is -0.486 e. The van der Waals surface area contributed by atoms with Crippen LogP contribution in [0.3, 0.4) is 0 Å². The van der Waals surface area contributed by atoms with E-state index in [1.807, 2.05) is 0 Å². The summed E-state index contributed by atoms with van der Waals surface area (Å²) >= 11 is 0. The van der Waals surface area contributed by atoms with Crippen LogP contribution < -0.4 is 14.8 Å². The summed E-state index contributed by atoms with van der Waals surface area (Å²) in [6, 6.07) is 4.90. The summed E-state index contributed by atoms with van der Waals surface area (Å²) in [4.78, 5) is 11.9. The highest BCUT2D eigenvalue weighted by molar-refractivity contribution is 5.98. The molecular weight excluding hydrogens is 218 g/mol. The molecule has 88 valence electrons. The van der Waals surface area contributed by atoms with Crippen molar-refractivity contribution in [3.8, 4) is 23.8 Å². The molecule has 4 heteroatoms. The number of hydrogen-bond acceptors (Lipinski definition) is 3. The molecule has 1 unspecified atom stereocenters. The van der Waals surface area contributed by atoms with Gasteiger partial charge in [-0.2, -0.15) is 0 Å². The first kappa shape index (κ1) is 11.3. The molecule has 0 aromatic heterocycles. The van der Waals surface area contributed by atoms with E-state index in [-0.39, 0.29) is 11.9 Å². The molecule has 0 aliphatic carbocycles. The van der Waals surface area contributed by atoms with Gasteiger partial charge in [0.1, 0.15) is 13.2 Å². The Labute approximate surface area is 99.9 Å². The van der Waals surface area contributed by atoms with Crippen molar-refractivity contribution in [2.75, 3.05) is 13.2 Å². The molecule has 0 saturated carbocycles. The van der Waals surface area contributed by atoms with Crippen LogP contribution in [0.2, 0.25) is 0 Å². The average molecular weight is 231 g/mol. The second-order valence-corrected chi connectivity index (χ2v) is 3.69. The number of nitrogens with one attached hydrogen (secondary N) is 1. The lowest BCUT2D eigenvalue weighted by molar-refractivity contribution is 0.0937. The molecule has 1 aliphatic rings. The molecule has 1 atom stereocenters. The monoisotopic (exact) mass is 231 g/mol. The predicted octanol–water partition coefficient (Wildman–Crippen LogP) is 1.21. The molecule has 1 amide bonds. The summed E-state index contributed by atoms with van der Waals surface area (Å²) in [6.07, 6.45) is 5.22. The van der Waals surface area contributed by atoms with E-state index in [4.69, 9.17) is 15.9 Å². The Balaban J connectivity index is 2.27. The topological polar surface area (TPSA) is 47.6 Å². The van der Waals surface area contributed by atoms with Crippen LogP contribution in [-0.4, -0.2) is 25.2 Å². The van der Waals surface area contributed by atoms with Gasteiger partial charge in [0, 0.05) is 0 Å². The summed E-state index contributed by atoms with van der Waals surface area (Å²) in [5.74, 6) is 3.27. The Hall–Kier alpha value is -2.15. The van der Waals surface area contributed by atoms with Crippen molar-refractivity contribution in [1.29, 1.82) is 0 Å². The summed E-state index contributed by atoms with van der Waals surface area (Å²) in [7, 11) is 0. The Kier molecular flexibility index (Phi) is 3.20. The van der Waals surface area contributed by atoms with Gasteiger partial charge in [-0.1, -0.05) is 12.0 Å². The van der Waals surface area contributed by atoms with E-state index in [0.29, 0.717) is 30.3 Å². The van der Waals surface area contributed by atoms with Crippen LogP contribution in [0.15, 0.2) is 18.2 Å². The van der Waals surface area contributed by atoms with Crippen LogP contribution in [0, 0.1) is 12.3 Å². The van der Waals surface area contributed by atoms with E-state index in [9.17, 15) is 4.79 Å². The lowest BCUT2D eigenvalue weighted by Gasteiger charge is -2.20. The molecule has 0 saturated heterocycles. The second kappa shape index (κ2) is 4.79. The van der Waals surface area contributed by atoms with E-state index in [1.165, 1.54) is 0 Å². The van der Waals surface area contributed by atoms with Crippen LogP contribution in [0.1, 0.15) is 17.3 Å². The fourth-order valence-corrected chi connectivity index (χ4v) is 1.57. The number of terminal acetylenes is 1. The molecule has 1 heterocycles. The van der Waals surface area contributed by atoms with Crippen molar-refractivity contribution >= 4 is 5.91 Å². The quantitative estimate of drug-likeness (QED) is 0.778. The lowest BCUT2D eigenvalue weighted by Crippen LogP contribution is -2.32. The van der Waals surface area contributed by atoms with Gasteiger partial charge >= 0.3 is 0 Å². The number of carbonyl (C=O) groups is 1. The van der Waals surface area contributed by atoms with Crippen molar-refractivity contribution < 1.29 is 14.3 Å². The van der Waals surface area contributed by atoms with E-state index in [2.05, 4.69) is 11.2 Å². The van der Waals surface area contributed by atoms with Crippen LogP contribution in [0.25, 0.3) is 0 Å². The average Bonchev–Trinajstić information content (AvgIpc) is 2.37. The molecule has 0 spiro atoms. The minimum absolute atomic E-state index is 0.252. The first-order valence-electron chi connectivity index (χ1n) is 5.38. The lowest BCUT2D eigenvalue weighted by atomic mass is 10.1. The maximum absolute atomic E-state index is 11.9. The van der Waals surface area contributed by atoms with E-state index < -0.39 is 0 Å². The fourth-order valence-electron chi connectivity index (χ4n) is 1.57. The van der Waals surface area contributed by atoms with Crippen LogP contribution in [0.4, 0.5) is 0 Å². The Morgan fingerprint density at radius 2 is 2.24 bits per heavy atom. The molecule has 1 aromatic carbocycles. The van der Waals surface area contributed by atoms with Crippen LogP contribution in [-0.2, 0) is 0 Å². The Bertz CT molecular complexity index is 476. The van der Waals surface area contributed by atoms with E-state index in [0.717, 1.165) is 0 Å². The summed E-state index contributed by atoms with van der Waals surface area (Å²) in [6.45, 7) is 2.69. The maximum Gasteiger partial charge on any atom is 0.256 e. The first-order valence-corrected chi connectivity index (χ1v) is 5.38. The van der Waals surface area contributed by atoms with Gasteiger partial charge in [-0.15, -0.1) is 6.42 Å². The molecule has 17 heavy (non-hydrogen) atoms. The molecule has 1 N–H and O–H groups in total. The fraction of sp³-hybridized carbons (Fsp3) is 0.308. The predicted molar refractivity (Wildman–Crippen MR) is 63.2 cm³/mol. The van der Waals surface area contributed by atoms with Gasteiger partial charge < -0.3 is 14.8 Å². The van der Waals surface area contributed by atoms with E-state index in [1.54, 1.807) is 25.1 Å². The Morgan fingerprint density at radius 1 is 1.47 bits per heavy atom. The van der Waals surface area contributed by atoms with Crippen molar-refractivity contribution in [3.05, 3.63) is 23.8 Å². The number of amides is 1. The normalized spacial score (nSPS) is 14.6. The van der Waals surface area contributed by atoms with Gasteiger partial charge in [0.05, 0.1) is 11.6 Å². The van der Waals surface area contributed by atoms with Gasteiger partial charge in [-0.25, -0.2) is 0 Å². The summed E-state index contributed by atoms with van der Waals surface area (Å²) < 4.78 is 10.9. The second-order valence-electron chi connectivity index (χ2n) is 3.69. The smallest absolute Gasteiger partial charge is 0.256 e. The largest absolute Gasteiger partial charge is 0.486 e. The van der Waals surface area contributed by atoms with Crippen molar-refractivity contribution in [3.63, 3.8) is 0 Å². The van der Waals surface area contributed by atoms with Crippen LogP contribution >= 0.6 is 0 Å². The molecule has 4 nitrogen and oxygen atoms in total. The first-order chi connectivity index (χ1) is 8.22. The zero-order valence-electron chi connectivity index (χ0n) is 9.53. The molecule has 0 radical (unpaired) electrons. The zero-order valence-corrected chi connectivity index (χ0v) is 9.53. The van der Waals surface area contributed by atoms with Gasteiger partial charge in [-0.05, 0) is 19.1 Å². The molecule has 0 fully saturated rings. The summed E-state index contributed by atoms with van der Waals surface area (Å²) in [5, 5.41) is 2.69. The highest BCUT2D eigenvalue weighted by atomic mass is 16.6. The molecule has 0 bridgehead atoms. The summed E-state index contributed by atoms with van der Waals surface area (Å²) in [5.41, 5.74) is 0.448. The Morgan fingerprint density at radius 3 is 3.00 bits per heavy atom. The number of benzene rings is 1. The third-order valence-electron chi connectivity index (χ3n) is 2.41. The van der Waals surface area contributed by atoms with Crippen molar-refractivity contribution in [2.45, 2.75) is 13.0 Å². The van der Waals surface area contributed by atoms with Crippen LogP contribution in [0.5, 0.6) is 11.5 Å². The molecule has 2 rings (SSSR count). The molecule has 1 aliphatic heterocycles. The number of fused-ring (bicyclic) bond motifs is 1. The van der Waals surface area contributed by atoms with Gasteiger partial charge in [0.2, 0.25) is 0 Å². The zero-order chi connectivity index (χ0) is 12.3. The SMILES string of the molecule is C#CC(C)NC(=O)c1cccc2c1OCCO2. The van der Waals surface area contributed by atoms with Gasteiger partial charge in [0.15, 0.2) is 11.5 Å². The van der Waals surface area contributed by atoms with E-state index >= 15 is 0 Å². The highest BCUT2D eigenvalue weighted by Gasteiger charge is 2.20. The van der Waals surface area contributed by atoms with Crippen molar-refractivity contribution in [1.82, 2.24) is 5.32 Å². The minimum atomic E-state index is -0.317. The number of hydrogen-bond donors (Lipinski definition) is 1. The number of para-hydroxylation sites is 1. The highest BCUT2D eigenvalue weighted by Crippen LogP contribution is 2.33. The third-order valence-corrected chi connectivity index (χ3v) is 2.41. The van der Waals surface area contributed by atoms with Gasteiger partial charge in [-0.3, -0.25) is 4.79 Å². The molecular formula is C13H13NO3. The van der Waals surface area contributed by atoms with Gasteiger partial charge in [0.25, 0.3) is 5.91 Å². The molecule has 1 aromatic rings. The number of carbonyl (C=O) groups excluding carboxylic acids is 1. The number of rotatable bonds is 2. The van der Waals surface area contributed by atoms with Crippen molar-refractivity contribution in [2.24, 2.45) is 0 Å². The third kappa shape index (κ3) is 2.34.